The van der Waals surface area contributed by atoms with Gasteiger partial charge in [0.2, 0.25) is 0 Å². The summed E-state index contributed by atoms with van der Waals surface area (Å²) in [6.45, 7) is 2.05. The number of hydrogen-bond donors (Lipinski definition) is 1. The highest BCUT2D eigenvalue weighted by atomic mass is 127. The van der Waals surface area contributed by atoms with Crippen LogP contribution in [0.2, 0.25) is 0 Å². The van der Waals surface area contributed by atoms with E-state index in [1.54, 1.807) is 0 Å². The number of aliphatic hydroxyl groups excluding tert-OH is 1. The molecule has 0 unspecified atom stereocenters. The Hall–Kier alpha value is -1.23. The summed E-state index contributed by atoms with van der Waals surface area (Å²) in [5.74, 6) is 9.20. The van der Waals surface area contributed by atoms with Crippen LogP contribution in [0, 0.1) is 28.6 Å². The Morgan fingerprint density at radius 2 is 1.80 bits per heavy atom. The Kier molecular flexibility index (Phi) is 8.87. The molecule has 0 aromatic heterocycles. The molecule has 0 bridgehead atoms. The van der Waals surface area contributed by atoms with Gasteiger partial charge in [0.05, 0.1) is 6.61 Å². The number of hydrogen-bond acceptors (Lipinski definition) is 1. The molecule has 1 nitrogen and oxygen atoms in total. The van der Waals surface area contributed by atoms with Crippen LogP contribution in [-0.2, 0) is 0 Å². The van der Waals surface area contributed by atoms with E-state index in [2.05, 4.69) is 63.3 Å². The summed E-state index contributed by atoms with van der Waals surface area (Å²) in [5.41, 5.74) is 3.07. The maximum atomic E-state index is 9.32. The number of aryl methyl sites for hydroxylation is 1. The largest absolute Gasteiger partial charge is 0.391 e. The van der Waals surface area contributed by atoms with Gasteiger partial charge in [0.1, 0.15) is 0 Å². The molecular weight excluding hydrogens is 359 g/mol. The van der Waals surface area contributed by atoms with E-state index in [1.165, 1.54) is 5.56 Å². The molecule has 0 atom stereocenters. The fraction of sp³-hybridized carbons (Fsp3) is 0.333. The van der Waals surface area contributed by atoms with Crippen molar-refractivity contribution in [2.75, 3.05) is 6.61 Å². The third kappa shape index (κ3) is 7.38. The van der Waals surface area contributed by atoms with Crippen LogP contribution in [0.15, 0.2) is 29.8 Å². The molecule has 0 heterocycles. The zero-order chi connectivity index (χ0) is 14.6. The number of rotatable bonds is 5. The molecule has 104 valence electrons. The lowest BCUT2D eigenvalue weighted by atomic mass is 10.1. The first-order valence-electron chi connectivity index (χ1n) is 6.71. The van der Waals surface area contributed by atoms with Crippen molar-refractivity contribution in [2.45, 2.75) is 32.6 Å². The van der Waals surface area contributed by atoms with Crippen LogP contribution in [-0.4, -0.2) is 11.7 Å². The van der Waals surface area contributed by atoms with Crippen LogP contribution >= 0.6 is 22.6 Å². The van der Waals surface area contributed by atoms with Gasteiger partial charge in [-0.1, -0.05) is 47.6 Å². The summed E-state index contributed by atoms with van der Waals surface area (Å²) in [6.07, 6.45) is 5.88. The van der Waals surface area contributed by atoms with Crippen molar-refractivity contribution in [2.24, 2.45) is 0 Å². The van der Waals surface area contributed by atoms with Gasteiger partial charge >= 0.3 is 0 Å². The zero-order valence-electron chi connectivity index (χ0n) is 11.7. The third-order valence-electron chi connectivity index (χ3n) is 2.76. The molecule has 0 fully saturated rings. The van der Waals surface area contributed by atoms with Crippen molar-refractivity contribution in [3.05, 3.63) is 41.0 Å². The highest BCUT2D eigenvalue weighted by molar-refractivity contribution is 14.1. The fourth-order valence-corrected chi connectivity index (χ4v) is 1.90. The second-order valence-corrected chi connectivity index (χ2v) is 5.06. The molecule has 1 N–H and O–H groups in total. The summed E-state index contributed by atoms with van der Waals surface area (Å²) in [6, 6.07) is 8.19. The first kappa shape index (κ1) is 16.8. The van der Waals surface area contributed by atoms with Gasteiger partial charge in [-0.05, 0) is 35.3 Å². The standard InChI is InChI=1S/C18H19IO/c1-16-9-11-17(12-10-16)14-18(15-20)8-6-4-2-3-5-7-13-19/h9-12,14,20H,2-5,15H2,1H3/b18-14-. The molecule has 1 aromatic rings. The maximum Gasteiger partial charge on any atom is 0.0760 e. The minimum atomic E-state index is -0.0127. The highest BCUT2D eigenvalue weighted by Crippen LogP contribution is 2.08. The number of aliphatic hydroxyl groups is 1. The van der Waals surface area contributed by atoms with Crippen molar-refractivity contribution in [1.82, 2.24) is 0 Å². The Labute approximate surface area is 135 Å². The molecular formula is C18H19IO. The second kappa shape index (κ2) is 10.5. The summed E-state index contributed by atoms with van der Waals surface area (Å²) >= 11 is 2.06. The van der Waals surface area contributed by atoms with Crippen molar-refractivity contribution >= 4 is 28.7 Å². The number of unbranched alkanes of at least 4 members (excludes halogenated alkanes) is 3. The van der Waals surface area contributed by atoms with E-state index in [1.807, 2.05) is 18.2 Å². The quantitative estimate of drug-likeness (QED) is 0.460. The van der Waals surface area contributed by atoms with Gasteiger partial charge in [0.15, 0.2) is 0 Å². The van der Waals surface area contributed by atoms with Crippen LogP contribution < -0.4 is 0 Å². The minimum Gasteiger partial charge on any atom is -0.391 e. The predicted octanol–water partition coefficient (Wildman–Crippen LogP) is 4.33. The van der Waals surface area contributed by atoms with Gasteiger partial charge in [-0.15, -0.1) is 0 Å². The van der Waals surface area contributed by atoms with Crippen molar-refractivity contribution in [3.8, 4) is 21.7 Å². The van der Waals surface area contributed by atoms with Crippen molar-refractivity contribution in [1.29, 1.82) is 0 Å². The molecule has 0 spiro atoms. The number of halogens is 1. The summed E-state index contributed by atoms with van der Waals surface area (Å²) in [5, 5.41) is 9.32. The highest BCUT2D eigenvalue weighted by Gasteiger charge is 1.92. The minimum absolute atomic E-state index is 0.0127. The van der Waals surface area contributed by atoms with Crippen LogP contribution in [0.3, 0.4) is 0 Å². The molecule has 1 aromatic carbocycles. The van der Waals surface area contributed by atoms with Crippen LogP contribution in [0.1, 0.15) is 36.8 Å². The van der Waals surface area contributed by atoms with E-state index in [0.29, 0.717) is 0 Å². The molecule has 0 aliphatic rings. The van der Waals surface area contributed by atoms with E-state index in [9.17, 15) is 5.11 Å². The molecule has 0 aliphatic heterocycles. The molecule has 0 aliphatic carbocycles. The maximum absolute atomic E-state index is 9.32. The van der Waals surface area contributed by atoms with E-state index in [4.69, 9.17) is 0 Å². The molecule has 2 heteroatoms. The number of benzene rings is 1. The topological polar surface area (TPSA) is 20.2 Å². The lowest BCUT2D eigenvalue weighted by molar-refractivity contribution is 0.337. The fourth-order valence-electron chi connectivity index (χ4n) is 1.64. The predicted molar refractivity (Wildman–Crippen MR) is 94.3 cm³/mol. The van der Waals surface area contributed by atoms with Crippen LogP contribution in [0.5, 0.6) is 0 Å². The van der Waals surface area contributed by atoms with Gasteiger partial charge in [-0.2, -0.15) is 0 Å². The molecule has 0 radical (unpaired) electrons. The van der Waals surface area contributed by atoms with E-state index in [0.717, 1.165) is 36.8 Å². The zero-order valence-corrected chi connectivity index (χ0v) is 13.9. The molecule has 0 saturated carbocycles. The lowest BCUT2D eigenvalue weighted by Gasteiger charge is -1.97. The van der Waals surface area contributed by atoms with E-state index >= 15 is 0 Å². The van der Waals surface area contributed by atoms with Crippen molar-refractivity contribution < 1.29 is 5.11 Å². The summed E-state index contributed by atoms with van der Waals surface area (Å²) in [4.78, 5) is 0. The van der Waals surface area contributed by atoms with E-state index in [-0.39, 0.29) is 6.61 Å². The van der Waals surface area contributed by atoms with Gasteiger partial charge in [-0.25, -0.2) is 0 Å². The smallest absolute Gasteiger partial charge is 0.0760 e. The van der Waals surface area contributed by atoms with Crippen LogP contribution in [0.4, 0.5) is 0 Å². The second-order valence-electron chi connectivity index (χ2n) is 4.52. The first-order valence-corrected chi connectivity index (χ1v) is 7.79. The summed E-state index contributed by atoms with van der Waals surface area (Å²) in [7, 11) is 0. The lowest BCUT2D eigenvalue weighted by Crippen LogP contribution is -1.87. The van der Waals surface area contributed by atoms with Crippen LogP contribution in [0.25, 0.3) is 6.08 Å². The Morgan fingerprint density at radius 3 is 2.40 bits per heavy atom. The molecule has 0 saturated heterocycles. The average molecular weight is 378 g/mol. The Morgan fingerprint density at radius 1 is 1.15 bits per heavy atom. The summed E-state index contributed by atoms with van der Waals surface area (Å²) < 4.78 is 2.86. The van der Waals surface area contributed by atoms with Gasteiger partial charge < -0.3 is 5.11 Å². The SMILES string of the molecule is Cc1ccc(/C=C(/C#CCCCCC#CI)CO)cc1. The van der Waals surface area contributed by atoms with E-state index < -0.39 is 0 Å². The van der Waals surface area contributed by atoms with Crippen molar-refractivity contribution in [3.63, 3.8) is 0 Å². The third-order valence-corrected chi connectivity index (χ3v) is 3.14. The molecule has 1 rings (SSSR count). The van der Waals surface area contributed by atoms with Gasteiger partial charge in [0.25, 0.3) is 0 Å². The monoisotopic (exact) mass is 378 g/mol. The Balaban J connectivity index is 2.49. The van der Waals surface area contributed by atoms with Gasteiger partial charge in [-0.3, -0.25) is 0 Å². The molecule has 20 heavy (non-hydrogen) atoms. The Bertz CT molecular complexity index is 547. The normalized spacial score (nSPS) is 10.2. The molecule has 0 amide bonds. The van der Waals surface area contributed by atoms with Gasteiger partial charge in [0, 0.05) is 41.0 Å². The first-order chi connectivity index (χ1) is 9.76. The average Bonchev–Trinajstić information content (AvgIpc) is 2.47.